The van der Waals surface area contributed by atoms with Gasteiger partial charge in [0.2, 0.25) is 0 Å². The maximum Gasteiger partial charge on any atom is 0.334 e. The number of benzene rings is 2. The smallest absolute Gasteiger partial charge is 0.334 e. The van der Waals surface area contributed by atoms with Gasteiger partial charge in [0, 0.05) is 7.11 Å². The van der Waals surface area contributed by atoms with Crippen molar-refractivity contribution in [2.24, 2.45) is 0 Å². The van der Waals surface area contributed by atoms with Gasteiger partial charge in [-0.3, -0.25) is 4.79 Å². The van der Waals surface area contributed by atoms with Gasteiger partial charge in [-0.25, -0.2) is 10.3 Å². The van der Waals surface area contributed by atoms with E-state index in [1.165, 1.54) is 0 Å². The third kappa shape index (κ3) is 4.12. The third-order valence-corrected chi connectivity index (χ3v) is 5.16. The fraction of sp³-hybridized carbons (Fsp3) is 0.450. The highest BCUT2D eigenvalue weighted by Gasteiger charge is 2.56. The van der Waals surface area contributed by atoms with Gasteiger partial charge in [-0.1, -0.05) is 42.5 Å². The first-order valence-corrected chi connectivity index (χ1v) is 9.17. The molecule has 0 aromatic heterocycles. The zero-order valence-corrected chi connectivity index (χ0v) is 16.1. The maximum absolute atomic E-state index is 12.6. The van der Waals surface area contributed by atoms with E-state index >= 15 is 0 Å². The van der Waals surface area contributed by atoms with Crippen LogP contribution < -0.4 is 5.48 Å². The van der Waals surface area contributed by atoms with Crippen LogP contribution >= 0.6 is 0 Å². The normalized spacial score (nSPS) is 30.8. The third-order valence-electron chi connectivity index (χ3n) is 5.16. The van der Waals surface area contributed by atoms with E-state index in [2.05, 4.69) is 5.48 Å². The number of aliphatic hydroxyl groups excluding tert-OH is 4. The van der Waals surface area contributed by atoms with Crippen molar-refractivity contribution in [3.63, 3.8) is 0 Å². The molecule has 1 saturated heterocycles. The van der Waals surface area contributed by atoms with Gasteiger partial charge < -0.3 is 29.9 Å². The zero-order valence-electron chi connectivity index (χ0n) is 16.1. The van der Waals surface area contributed by atoms with Crippen molar-refractivity contribution in [1.82, 2.24) is 5.48 Å². The summed E-state index contributed by atoms with van der Waals surface area (Å²) in [6, 6.07) is 13.4. The summed E-state index contributed by atoms with van der Waals surface area (Å²) >= 11 is 0. The predicted octanol–water partition coefficient (Wildman–Crippen LogP) is -0.235. The molecule has 0 saturated carbocycles. The largest absolute Gasteiger partial charge is 0.394 e. The fourth-order valence-corrected chi connectivity index (χ4v) is 3.24. The quantitative estimate of drug-likeness (QED) is 0.327. The van der Waals surface area contributed by atoms with Crippen LogP contribution in [0.4, 0.5) is 0 Å². The summed E-state index contributed by atoms with van der Waals surface area (Å²) < 4.78 is 10.3. The van der Waals surface area contributed by atoms with Crippen LogP contribution in [0.2, 0.25) is 0 Å². The van der Waals surface area contributed by atoms with E-state index in [0.717, 1.165) is 23.4 Å². The summed E-state index contributed by atoms with van der Waals surface area (Å²) in [4.78, 5) is 17.8. The molecule has 1 amide bonds. The molecule has 1 fully saturated rings. The number of carbonyl (C=O) groups is 1. The minimum absolute atomic E-state index is 0.548. The lowest BCUT2D eigenvalue weighted by molar-refractivity contribution is -0.466. The lowest BCUT2D eigenvalue weighted by atomic mass is 9.97. The average molecular weight is 407 g/mol. The SMILES string of the molecule is CO[C@]1(ONC(=O)C(C)c2ccc3ccccc3c2)O[C@H](CO)[C@H](O)[C@H](O)[C@H]1O. The van der Waals surface area contributed by atoms with Crippen LogP contribution in [0.3, 0.4) is 0 Å². The second-order valence-electron chi connectivity index (χ2n) is 6.97. The molecule has 0 aliphatic carbocycles. The first kappa shape index (κ1) is 21.6. The first-order valence-electron chi connectivity index (χ1n) is 9.17. The standard InChI is InChI=1S/C20H25NO8/c1-11(13-8-7-12-5-3-4-6-14(12)9-13)19(26)21-29-20(27-2)18(25)17(24)16(23)15(10-22)28-20/h3-9,11,15-18,22-25H,10H2,1-2H3,(H,21,26)/t11?,15-,16+,17+,18-,20+/m1/s1. The van der Waals surface area contributed by atoms with Gasteiger partial charge in [0.05, 0.1) is 12.5 Å². The number of nitrogens with one attached hydrogen (secondary N) is 1. The van der Waals surface area contributed by atoms with Crippen molar-refractivity contribution in [1.29, 1.82) is 0 Å². The minimum atomic E-state index is -2.30. The number of methoxy groups -OCH3 is 1. The molecule has 0 radical (unpaired) electrons. The highest BCUT2D eigenvalue weighted by Crippen LogP contribution is 2.31. The van der Waals surface area contributed by atoms with Crippen LogP contribution in [-0.4, -0.2) is 70.4 Å². The van der Waals surface area contributed by atoms with Crippen molar-refractivity contribution in [2.45, 2.75) is 43.2 Å². The Morgan fingerprint density at radius 2 is 1.86 bits per heavy atom. The topological polar surface area (TPSA) is 138 Å². The molecule has 9 nitrogen and oxygen atoms in total. The highest BCUT2D eigenvalue weighted by atomic mass is 16.9. The number of carbonyl (C=O) groups excluding carboxylic acids is 1. The number of ether oxygens (including phenoxy) is 2. The number of hydrogen-bond donors (Lipinski definition) is 5. The number of amides is 1. The summed E-state index contributed by atoms with van der Waals surface area (Å²) in [5.41, 5.74) is 2.92. The summed E-state index contributed by atoms with van der Waals surface area (Å²) in [7, 11) is 1.13. The summed E-state index contributed by atoms with van der Waals surface area (Å²) in [6.07, 6.45) is -6.42. The van der Waals surface area contributed by atoms with Gasteiger partial charge in [-0.05, 0) is 23.3 Å². The van der Waals surface area contributed by atoms with Gasteiger partial charge in [0.15, 0.2) is 6.10 Å². The van der Waals surface area contributed by atoms with Crippen molar-refractivity contribution in [2.75, 3.05) is 13.7 Å². The van der Waals surface area contributed by atoms with Crippen LogP contribution in [0.1, 0.15) is 18.4 Å². The number of aliphatic hydroxyl groups is 4. The van der Waals surface area contributed by atoms with E-state index in [1.807, 2.05) is 42.5 Å². The molecule has 29 heavy (non-hydrogen) atoms. The first-order chi connectivity index (χ1) is 13.8. The van der Waals surface area contributed by atoms with E-state index in [1.54, 1.807) is 6.92 Å². The summed E-state index contributed by atoms with van der Waals surface area (Å²) in [6.45, 7) is 1.01. The lowest BCUT2D eigenvalue weighted by Crippen LogP contribution is -2.68. The van der Waals surface area contributed by atoms with Crippen molar-refractivity contribution < 1.29 is 39.5 Å². The van der Waals surface area contributed by atoms with Crippen LogP contribution in [0.5, 0.6) is 0 Å². The molecule has 3 rings (SSSR count). The Kier molecular flexibility index (Phi) is 6.49. The molecule has 9 heteroatoms. The fourth-order valence-electron chi connectivity index (χ4n) is 3.24. The zero-order chi connectivity index (χ0) is 21.2. The molecule has 2 aromatic rings. The number of rotatable bonds is 6. The molecule has 1 aliphatic rings. The Morgan fingerprint density at radius 3 is 2.52 bits per heavy atom. The predicted molar refractivity (Wildman–Crippen MR) is 101 cm³/mol. The van der Waals surface area contributed by atoms with Crippen LogP contribution in [0, 0.1) is 0 Å². The van der Waals surface area contributed by atoms with Crippen LogP contribution in [0.25, 0.3) is 10.8 Å². The molecule has 0 spiro atoms. The summed E-state index contributed by atoms with van der Waals surface area (Å²) in [5.74, 6) is -3.46. The van der Waals surface area contributed by atoms with Crippen molar-refractivity contribution in [3.05, 3.63) is 48.0 Å². The van der Waals surface area contributed by atoms with Gasteiger partial charge in [-0.15, -0.1) is 0 Å². The van der Waals surface area contributed by atoms with Gasteiger partial charge in [0.25, 0.3) is 5.91 Å². The van der Waals surface area contributed by atoms with E-state index in [4.69, 9.17) is 14.3 Å². The molecule has 0 bridgehead atoms. The van der Waals surface area contributed by atoms with Crippen molar-refractivity contribution in [3.8, 4) is 0 Å². The Labute approximate surface area is 167 Å². The average Bonchev–Trinajstić information content (AvgIpc) is 2.76. The number of fused-ring (bicyclic) bond motifs is 1. The molecule has 1 aliphatic heterocycles. The van der Waals surface area contributed by atoms with E-state index in [-0.39, 0.29) is 0 Å². The second-order valence-corrected chi connectivity index (χ2v) is 6.97. The molecule has 158 valence electrons. The Balaban J connectivity index is 1.73. The summed E-state index contributed by atoms with van der Waals surface area (Å²) in [5, 5.41) is 41.4. The molecule has 1 unspecified atom stereocenters. The van der Waals surface area contributed by atoms with E-state index < -0.39 is 48.8 Å². The van der Waals surface area contributed by atoms with Gasteiger partial charge >= 0.3 is 5.97 Å². The highest BCUT2D eigenvalue weighted by molar-refractivity contribution is 5.87. The molecule has 1 heterocycles. The maximum atomic E-state index is 12.6. The van der Waals surface area contributed by atoms with E-state index in [0.29, 0.717) is 0 Å². The Morgan fingerprint density at radius 1 is 1.17 bits per heavy atom. The monoisotopic (exact) mass is 407 g/mol. The lowest BCUT2D eigenvalue weighted by Gasteiger charge is -2.45. The molecule has 5 N–H and O–H groups in total. The second kappa shape index (κ2) is 8.72. The van der Waals surface area contributed by atoms with E-state index in [9.17, 15) is 25.2 Å². The van der Waals surface area contributed by atoms with Gasteiger partial charge in [0.1, 0.15) is 18.3 Å². The molecular weight excluding hydrogens is 382 g/mol. The number of hydroxylamine groups is 1. The number of hydrogen-bond acceptors (Lipinski definition) is 8. The van der Waals surface area contributed by atoms with Gasteiger partial charge in [-0.2, -0.15) is 0 Å². The minimum Gasteiger partial charge on any atom is -0.394 e. The van der Waals surface area contributed by atoms with Crippen LogP contribution in [0.15, 0.2) is 42.5 Å². The molecule has 2 aromatic carbocycles. The molecular formula is C20H25NO8. The Hall–Kier alpha value is -2.11. The van der Waals surface area contributed by atoms with Crippen LogP contribution in [-0.2, 0) is 19.1 Å². The van der Waals surface area contributed by atoms with Crippen molar-refractivity contribution >= 4 is 16.7 Å². The molecule has 6 atom stereocenters. The Bertz CT molecular complexity index is 859.